The summed E-state index contributed by atoms with van der Waals surface area (Å²) in [6, 6.07) is 6.85. The largest absolute Gasteiger partial charge is 0.304 e. The van der Waals surface area contributed by atoms with Crippen LogP contribution in [0.5, 0.6) is 0 Å². The topological polar surface area (TPSA) is 24.9 Å². The summed E-state index contributed by atoms with van der Waals surface area (Å²) >= 11 is 1.83. The van der Waals surface area contributed by atoms with Crippen molar-refractivity contribution in [1.29, 1.82) is 0 Å². The van der Waals surface area contributed by atoms with E-state index < -0.39 is 0 Å². The van der Waals surface area contributed by atoms with Gasteiger partial charge >= 0.3 is 0 Å². The van der Waals surface area contributed by atoms with E-state index in [2.05, 4.69) is 34.7 Å². The zero-order valence-corrected chi connectivity index (χ0v) is 10.8. The molecule has 2 aromatic rings. The van der Waals surface area contributed by atoms with Gasteiger partial charge in [-0.15, -0.1) is 11.3 Å². The van der Waals surface area contributed by atoms with Crippen LogP contribution in [0.2, 0.25) is 0 Å². The maximum absolute atomic E-state index is 4.50. The van der Waals surface area contributed by atoms with Crippen LogP contribution < -0.4 is 5.32 Å². The van der Waals surface area contributed by atoms with E-state index in [-0.39, 0.29) is 0 Å². The second kappa shape index (κ2) is 4.59. The number of aryl methyl sites for hydroxylation is 2. The van der Waals surface area contributed by atoms with Crippen molar-refractivity contribution in [2.75, 3.05) is 0 Å². The van der Waals surface area contributed by atoms with Crippen molar-refractivity contribution in [1.82, 2.24) is 10.3 Å². The third-order valence-electron chi connectivity index (χ3n) is 3.44. The lowest BCUT2D eigenvalue weighted by molar-refractivity contribution is 0.523. The van der Waals surface area contributed by atoms with Crippen LogP contribution in [-0.2, 0) is 13.0 Å². The molecule has 1 unspecified atom stereocenters. The lowest BCUT2D eigenvalue weighted by Crippen LogP contribution is -2.19. The van der Waals surface area contributed by atoms with Gasteiger partial charge in [0.15, 0.2) is 0 Å². The van der Waals surface area contributed by atoms with Crippen molar-refractivity contribution in [3.63, 3.8) is 0 Å². The molecule has 1 N–H and O–H groups in total. The molecular weight excluding hydrogens is 228 g/mol. The highest BCUT2D eigenvalue weighted by Crippen LogP contribution is 2.29. The number of aromatic nitrogens is 1. The van der Waals surface area contributed by atoms with Gasteiger partial charge in [-0.1, -0.05) is 6.07 Å². The summed E-state index contributed by atoms with van der Waals surface area (Å²) in [5.41, 5.74) is 4.05. The summed E-state index contributed by atoms with van der Waals surface area (Å²) in [6.07, 6.45) is 4.23. The van der Waals surface area contributed by atoms with Crippen LogP contribution >= 0.6 is 11.3 Å². The molecule has 3 heteroatoms. The van der Waals surface area contributed by atoms with Crippen LogP contribution in [-0.4, -0.2) is 4.98 Å². The smallest absolute Gasteiger partial charge is 0.0605 e. The molecule has 88 valence electrons. The third-order valence-corrected chi connectivity index (χ3v) is 4.46. The van der Waals surface area contributed by atoms with Crippen LogP contribution in [0.1, 0.15) is 34.2 Å². The van der Waals surface area contributed by atoms with Crippen molar-refractivity contribution in [2.45, 2.75) is 32.4 Å². The first kappa shape index (κ1) is 10.9. The Kier molecular flexibility index (Phi) is 2.95. The van der Waals surface area contributed by atoms with Crippen LogP contribution in [0.3, 0.4) is 0 Å². The highest BCUT2D eigenvalue weighted by molar-refractivity contribution is 7.10. The van der Waals surface area contributed by atoms with E-state index in [1.807, 2.05) is 23.6 Å². The second-order valence-corrected chi connectivity index (χ2v) is 5.55. The van der Waals surface area contributed by atoms with Gasteiger partial charge in [0.2, 0.25) is 0 Å². The molecule has 1 aliphatic rings. The van der Waals surface area contributed by atoms with E-state index in [9.17, 15) is 0 Å². The van der Waals surface area contributed by atoms with E-state index >= 15 is 0 Å². The number of fused-ring (bicyclic) bond motifs is 1. The Hall–Kier alpha value is -1.19. The standard InChI is InChI=1S/C14H16N2S/c1-10-6-8-17-13(10)9-16-12-5-4-11-3-2-7-15-14(11)12/h2-3,6-8,12,16H,4-5,9H2,1H3. The Morgan fingerprint density at radius 3 is 3.24 bits per heavy atom. The van der Waals surface area contributed by atoms with Crippen LogP contribution in [0.25, 0.3) is 0 Å². The molecule has 17 heavy (non-hydrogen) atoms. The van der Waals surface area contributed by atoms with Crippen LogP contribution in [0, 0.1) is 6.92 Å². The number of thiophene rings is 1. The van der Waals surface area contributed by atoms with Gasteiger partial charge in [0.25, 0.3) is 0 Å². The first-order valence-electron chi connectivity index (χ1n) is 6.05. The zero-order valence-electron chi connectivity index (χ0n) is 9.94. The van der Waals surface area contributed by atoms with Gasteiger partial charge < -0.3 is 5.32 Å². The van der Waals surface area contributed by atoms with Gasteiger partial charge in [-0.2, -0.15) is 0 Å². The van der Waals surface area contributed by atoms with Crippen molar-refractivity contribution in [3.8, 4) is 0 Å². The zero-order chi connectivity index (χ0) is 11.7. The third kappa shape index (κ3) is 2.13. The van der Waals surface area contributed by atoms with Gasteiger partial charge in [-0.3, -0.25) is 4.98 Å². The average molecular weight is 244 g/mol. The van der Waals surface area contributed by atoms with Crippen LogP contribution in [0.15, 0.2) is 29.8 Å². The Balaban J connectivity index is 1.70. The molecule has 0 spiro atoms. The number of nitrogens with one attached hydrogen (secondary N) is 1. The fraction of sp³-hybridized carbons (Fsp3) is 0.357. The second-order valence-electron chi connectivity index (χ2n) is 4.55. The summed E-state index contributed by atoms with van der Waals surface area (Å²) in [4.78, 5) is 5.94. The Morgan fingerprint density at radius 1 is 1.47 bits per heavy atom. The SMILES string of the molecule is Cc1ccsc1CNC1CCc2cccnc21. The molecule has 1 atom stereocenters. The average Bonchev–Trinajstić information content (AvgIpc) is 2.93. The fourth-order valence-electron chi connectivity index (χ4n) is 2.41. The van der Waals surface area contributed by atoms with E-state index in [0.29, 0.717) is 6.04 Å². The molecule has 2 nitrogen and oxygen atoms in total. The number of nitrogens with zero attached hydrogens (tertiary/aromatic N) is 1. The number of hydrogen-bond acceptors (Lipinski definition) is 3. The minimum Gasteiger partial charge on any atom is -0.304 e. The Morgan fingerprint density at radius 2 is 2.41 bits per heavy atom. The summed E-state index contributed by atoms with van der Waals surface area (Å²) < 4.78 is 0. The van der Waals surface area contributed by atoms with Gasteiger partial charge in [-0.25, -0.2) is 0 Å². The van der Waals surface area contributed by atoms with Gasteiger partial charge in [0.05, 0.1) is 11.7 Å². The quantitative estimate of drug-likeness (QED) is 0.896. The lowest BCUT2D eigenvalue weighted by atomic mass is 10.2. The van der Waals surface area contributed by atoms with Crippen molar-refractivity contribution < 1.29 is 0 Å². The summed E-state index contributed by atoms with van der Waals surface area (Å²) in [5, 5.41) is 5.79. The predicted molar refractivity (Wildman–Crippen MR) is 71.2 cm³/mol. The molecule has 2 aromatic heterocycles. The first-order chi connectivity index (χ1) is 8.34. The molecule has 2 heterocycles. The van der Waals surface area contributed by atoms with Crippen molar-refractivity contribution in [2.24, 2.45) is 0 Å². The van der Waals surface area contributed by atoms with E-state index in [1.165, 1.54) is 28.1 Å². The van der Waals surface area contributed by atoms with E-state index in [1.54, 1.807) is 0 Å². The maximum Gasteiger partial charge on any atom is 0.0605 e. The molecule has 0 saturated heterocycles. The molecule has 0 amide bonds. The van der Waals surface area contributed by atoms with Gasteiger partial charge in [0, 0.05) is 17.6 Å². The van der Waals surface area contributed by atoms with Gasteiger partial charge in [0.1, 0.15) is 0 Å². The molecular formula is C14H16N2S. The van der Waals surface area contributed by atoms with E-state index in [0.717, 1.165) is 13.0 Å². The highest BCUT2D eigenvalue weighted by Gasteiger charge is 2.22. The van der Waals surface area contributed by atoms with Crippen molar-refractivity contribution in [3.05, 3.63) is 51.5 Å². The van der Waals surface area contributed by atoms with E-state index in [4.69, 9.17) is 0 Å². The molecule has 0 aliphatic heterocycles. The summed E-state index contributed by atoms with van der Waals surface area (Å²) in [7, 11) is 0. The number of hydrogen-bond donors (Lipinski definition) is 1. The highest BCUT2D eigenvalue weighted by atomic mass is 32.1. The van der Waals surface area contributed by atoms with Gasteiger partial charge in [-0.05, 0) is 48.4 Å². The molecule has 0 fully saturated rings. The predicted octanol–water partition coefficient (Wildman–Crippen LogP) is 3.23. The molecule has 0 saturated carbocycles. The number of rotatable bonds is 3. The normalized spacial score (nSPS) is 18.3. The molecule has 0 radical (unpaired) electrons. The van der Waals surface area contributed by atoms with Crippen molar-refractivity contribution >= 4 is 11.3 Å². The minimum atomic E-state index is 0.438. The molecule has 1 aliphatic carbocycles. The monoisotopic (exact) mass is 244 g/mol. The molecule has 0 aromatic carbocycles. The Bertz CT molecular complexity index is 518. The summed E-state index contributed by atoms with van der Waals surface area (Å²) in [5.74, 6) is 0. The van der Waals surface area contributed by atoms with Crippen LogP contribution in [0.4, 0.5) is 0 Å². The Labute approximate surface area is 106 Å². The summed E-state index contributed by atoms with van der Waals surface area (Å²) in [6.45, 7) is 3.14. The lowest BCUT2D eigenvalue weighted by Gasteiger charge is -2.12. The fourth-order valence-corrected chi connectivity index (χ4v) is 3.27. The molecule has 3 rings (SSSR count). The maximum atomic E-state index is 4.50. The first-order valence-corrected chi connectivity index (χ1v) is 6.92. The minimum absolute atomic E-state index is 0.438. The number of pyridine rings is 1. The molecule has 0 bridgehead atoms.